The van der Waals surface area contributed by atoms with Crippen LogP contribution in [-0.2, 0) is 5.41 Å². The largest absolute Gasteiger partial charge is 0.309 e. The predicted octanol–water partition coefficient (Wildman–Crippen LogP) is 14.2. The maximum atomic E-state index is 2.42. The Labute approximate surface area is 328 Å². The van der Waals surface area contributed by atoms with Crippen LogP contribution in [0.2, 0.25) is 0 Å². The third-order valence-electron chi connectivity index (χ3n) is 11.4. The van der Waals surface area contributed by atoms with Crippen molar-refractivity contribution < 1.29 is 0 Å². The van der Waals surface area contributed by atoms with Gasteiger partial charge < -0.3 is 4.57 Å². The van der Waals surface area contributed by atoms with E-state index < -0.39 is 5.41 Å². The van der Waals surface area contributed by atoms with E-state index in [0.29, 0.717) is 0 Å². The molecule has 1 aromatic heterocycles. The Bertz CT molecular complexity index is 2820. The van der Waals surface area contributed by atoms with Gasteiger partial charge in [0.25, 0.3) is 0 Å². The zero-order valence-electron chi connectivity index (χ0n) is 31.0. The summed E-state index contributed by atoms with van der Waals surface area (Å²) in [6.45, 7) is 0. The number of fused-ring (bicyclic) bond motifs is 4. The smallest absolute Gasteiger partial charge is 0.0701 e. The van der Waals surface area contributed by atoms with Crippen molar-refractivity contribution >= 4 is 44.7 Å². The highest BCUT2D eigenvalue weighted by Gasteiger charge is 2.38. The van der Waals surface area contributed by atoms with E-state index in [-0.39, 0.29) is 0 Å². The minimum Gasteiger partial charge on any atom is -0.309 e. The minimum atomic E-state index is -0.451. The number of aromatic nitrogens is 1. The molecule has 0 radical (unpaired) electrons. The highest BCUT2D eigenvalue weighted by molar-refractivity contribution is 6.11. The monoisotopic (exact) mass is 713 g/mol. The summed E-state index contributed by atoms with van der Waals surface area (Å²) in [6, 6.07) is 81.5. The van der Waals surface area contributed by atoms with Gasteiger partial charge in [0.2, 0.25) is 0 Å². The molecule has 0 saturated heterocycles. The SMILES string of the molecule is C(=Cc1ccc(C(c2ccccc2)(c2ccccc2)c2ccccc2)cc1)c1ccc(-c2ccc(-n3c4ccccc4c4ccccc43)c3ccccc23)cc1. The second-order valence-corrected chi connectivity index (χ2v) is 14.5. The van der Waals surface area contributed by atoms with Gasteiger partial charge in [-0.3, -0.25) is 0 Å². The molecule has 0 bridgehead atoms. The van der Waals surface area contributed by atoms with E-state index in [1.807, 2.05) is 0 Å². The van der Waals surface area contributed by atoms with Crippen molar-refractivity contribution in [1.29, 1.82) is 0 Å². The lowest BCUT2D eigenvalue weighted by molar-refractivity contribution is 0.745. The van der Waals surface area contributed by atoms with Crippen molar-refractivity contribution in [3.05, 3.63) is 258 Å². The molecule has 0 amide bonds. The van der Waals surface area contributed by atoms with E-state index in [9.17, 15) is 0 Å². The van der Waals surface area contributed by atoms with Crippen molar-refractivity contribution in [1.82, 2.24) is 4.57 Å². The van der Waals surface area contributed by atoms with Crippen molar-refractivity contribution in [2.45, 2.75) is 5.41 Å². The lowest BCUT2D eigenvalue weighted by Gasteiger charge is -2.37. The molecule has 0 aliphatic carbocycles. The number of rotatable bonds is 8. The third-order valence-corrected chi connectivity index (χ3v) is 11.4. The van der Waals surface area contributed by atoms with Gasteiger partial charge in [0.05, 0.1) is 22.1 Å². The first-order chi connectivity index (χ1) is 27.8. The van der Waals surface area contributed by atoms with Crippen molar-refractivity contribution in [3.63, 3.8) is 0 Å². The molecule has 0 saturated carbocycles. The zero-order valence-corrected chi connectivity index (χ0v) is 31.0. The molecule has 0 aliphatic rings. The van der Waals surface area contributed by atoms with Gasteiger partial charge in [-0.05, 0) is 68.1 Å². The number of hydrogen-bond acceptors (Lipinski definition) is 0. The van der Waals surface area contributed by atoms with E-state index in [1.54, 1.807) is 0 Å². The van der Waals surface area contributed by atoms with Gasteiger partial charge in [0.15, 0.2) is 0 Å². The van der Waals surface area contributed by atoms with E-state index in [2.05, 4.69) is 241 Å². The summed E-state index contributed by atoms with van der Waals surface area (Å²) in [4.78, 5) is 0. The van der Waals surface area contributed by atoms with Gasteiger partial charge in [-0.1, -0.05) is 218 Å². The van der Waals surface area contributed by atoms with E-state index in [4.69, 9.17) is 0 Å². The molecule has 264 valence electrons. The summed E-state index contributed by atoms with van der Waals surface area (Å²) in [5.41, 5.74) is 12.9. The molecular formula is C55H39N. The Morgan fingerprint density at radius 2 is 0.696 bits per heavy atom. The summed E-state index contributed by atoms with van der Waals surface area (Å²) in [6.07, 6.45) is 4.42. The Balaban J connectivity index is 0.974. The fourth-order valence-corrected chi connectivity index (χ4v) is 8.79. The fraction of sp³-hybridized carbons (Fsp3) is 0.0182. The molecule has 1 heterocycles. The van der Waals surface area contributed by atoms with Crippen LogP contribution in [0.25, 0.3) is 61.5 Å². The summed E-state index contributed by atoms with van der Waals surface area (Å²) >= 11 is 0. The van der Waals surface area contributed by atoms with Crippen LogP contribution in [0.4, 0.5) is 0 Å². The fourth-order valence-electron chi connectivity index (χ4n) is 8.79. The van der Waals surface area contributed by atoms with E-state index in [1.165, 1.54) is 71.6 Å². The van der Waals surface area contributed by atoms with Gasteiger partial charge in [-0.2, -0.15) is 0 Å². The number of benzene rings is 9. The van der Waals surface area contributed by atoms with Crippen LogP contribution in [0.15, 0.2) is 224 Å². The van der Waals surface area contributed by atoms with Crippen LogP contribution in [0.3, 0.4) is 0 Å². The highest BCUT2D eigenvalue weighted by atomic mass is 15.0. The van der Waals surface area contributed by atoms with Gasteiger partial charge in [-0.15, -0.1) is 0 Å². The Morgan fingerprint density at radius 1 is 0.304 bits per heavy atom. The summed E-state index contributed by atoms with van der Waals surface area (Å²) in [5, 5.41) is 5.03. The minimum absolute atomic E-state index is 0.451. The van der Waals surface area contributed by atoms with Gasteiger partial charge in [-0.25, -0.2) is 0 Å². The van der Waals surface area contributed by atoms with E-state index >= 15 is 0 Å². The first-order valence-corrected chi connectivity index (χ1v) is 19.3. The first kappa shape index (κ1) is 33.4. The predicted molar refractivity (Wildman–Crippen MR) is 237 cm³/mol. The maximum absolute atomic E-state index is 2.42. The molecule has 0 spiro atoms. The quantitative estimate of drug-likeness (QED) is 0.109. The molecule has 0 unspecified atom stereocenters. The molecule has 10 rings (SSSR count). The lowest BCUT2D eigenvalue weighted by Crippen LogP contribution is -2.30. The molecule has 1 heteroatoms. The van der Waals surface area contributed by atoms with Gasteiger partial charge in [0.1, 0.15) is 0 Å². The van der Waals surface area contributed by atoms with Crippen LogP contribution in [-0.4, -0.2) is 4.57 Å². The average molecular weight is 714 g/mol. The van der Waals surface area contributed by atoms with Gasteiger partial charge >= 0.3 is 0 Å². The van der Waals surface area contributed by atoms with Crippen LogP contribution in [0, 0.1) is 0 Å². The summed E-state index contributed by atoms with van der Waals surface area (Å²) in [7, 11) is 0. The summed E-state index contributed by atoms with van der Waals surface area (Å²) < 4.78 is 2.42. The molecular weight excluding hydrogens is 675 g/mol. The molecule has 10 aromatic rings. The standard InChI is InChI=1S/C55H39N/c1-4-16-43(17-5-1)55(44-18-6-2-7-19-44,45-20-8-3-9-21-45)46-36-32-41(33-37-46)29-28-40-30-34-42(35-31-40)47-38-39-54(49-23-11-10-22-48(47)49)56-52-26-14-12-24-50(52)51-25-13-15-27-53(51)56/h1-39H. The van der Waals surface area contributed by atoms with Crippen LogP contribution >= 0.6 is 0 Å². The molecule has 0 aliphatic heterocycles. The Hall–Kier alpha value is -7.22. The van der Waals surface area contributed by atoms with Crippen LogP contribution in [0.1, 0.15) is 33.4 Å². The number of nitrogens with zero attached hydrogens (tertiary/aromatic N) is 1. The lowest BCUT2D eigenvalue weighted by atomic mass is 9.65. The van der Waals surface area contributed by atoms with Crippen LogP contribution < -0.4 is 0 Å². The van der Waals surface area contributed by atoms with Gasteiger partial charge in [0, 0.05) is 16.2 Å². The normalized spacial score (nSPS) is 11.9. The summed E-state index contributed by atoms with van der Waals surface area (Å²) in [5.74, 6) is 0. The number of hydrogen-bond donors (Lipinski definition) is 0. The second-order valence-electron chi connectivity index (χ2n) is 14.5. The Morgan fingerprint density at radius 3 is 1.20 bits per heavy atom. The van der Waals surface area contributed by atoms with Crippen molar-refractivity contribution in [2.24, 2.45) is 0 Å². The topological polar surface area (TPSA) is 4.93 Å². The molecule has 0 N–H and O–H groups in total. The first-order valence-electron chi connectivity index (χ1n) is 19.3. The Kier molecular flexibility index (Phi) is 8.46. The maximum Gasteiger partial charge on any atom is 0.0701 e. The molecule has 0 fully saturated rings. The molecule has 9 aromatic carbocycles. The third kappa shape index (κ3) is 5.65. The molecule has 1 nitrogen and oxygen atoms in total. The van der Waals surface area contributed by atoms with Crippen LogP contribution in [0.5, 0.6) is 0 Å². The van der Waals surface area contributed by atoms with Crippen molar-refractivity contribution in [3.8, 4) is 16.8 Å². The average Bonchev–Trinajstić information content (AvgIpc) is 3.61. The zero-order chi connectivity index (χ0) is 37.3. The van der Waals surface area contributed by atoms with Crippen molar-refractivity contribution in [2.75, 3.05) is 0 Å². The molecule has 0 atom stereocenters. The molecule has 56 heavy (non-hydrogen) atoms. The second kappa shape index (κ2) is 14.2. The number of para-hydroxylation sites is 2. The highest BCUT2D eigenvalue weighted by Crippen LogP contribution is 2.45. The van der Waals surface area contributed by atoms with E-state index in [0.717, 1.165) is 11.1 Å².